The lowest BCUT2D eigenvalue weighted by Gasteiger charge is -2.24. The molecule has 1 amide bonds. The molecule has 0 aliphatic rings. The molecule has 11 heteroatoms. The number of hydrogen-bond donors (Lipinski definition) is 5. The zero-order valence-electron chi connectivity index (χ0n) is 14.7. The molecule has 0 aliphatic carbocycles. The van der Waals surface area contributed by atoms with Gasteiger partial charge in [0.2, 0.25) is 11.9 Å². The number of nitrogens with zero attached hydrogens (tertiary/aromatic N) is 3. The quantitative estimate of drug-likeness (QED) is 0.373. The minimum atomic E-state index is -1.36. The summed E-state index contributed by atoms with van der Waals surface area (Å²) in [5.41, 5.74) is -0.385. The molecule has 2 rings (SSSR count). The van der Waals surface area contributed by atoms with Gasteiger partial charge in [0.1, 0.15) is 18.3 Å². The smallest absolute Gasteiger partial charge is 0.280 e. The van der Waals surface area contributed by atoms with Crippen molar-refractivity contribution >= 4 is 23.0 Å². The highest BCUT2D eigenvalue weighted by atomic mass is 16.5. The minimum Gasteiger partial charge on any atom is -0.394 e. The number of carbonyl (C=O) groups excluding carboxylic acids is 1. The van der Waals surface area contributed by atoms with Gasteiger partial charge >= 0.3 is 0 Å². The van der Waals surface area contributed by atoms with Crippen LogP contribution in [0.5, 0.6) is 0 Å². The first-order chi connectivity index (χ1) is 12.3. The lowest BCUT2D eigenvalue weighted by Crippen LogP contribution is -2.42. The number of aliphatic hydroxyl groups is 3. The normalized spacial score (nSPS) is 15.2. The summed E-state index contributed by atoms with van der Waals surface area (Å²) >= 11 is 0. The average molecular weight is 369 g/mol. The van der Waals surface area contributed by atoms with Crippen molar-refractivity contribution in [1.29, 1.82) is 0 Å². The third-order valence-corrected chi connectivity index (χ3v) is 3.88. The first-order valence-electron chi connectivity index (χ1n) is 8.04. The zero-order chi connectivity index (χ0) is 19.4. The van der Waals surface area contributed by atoms with Crippen molar-refractivity contribution in [3.05, 3.63) is 16.7 Å². The molecule has 0 aromatic carbocycles. The van der Waals surface area contributed by atoms with Gasteiger partial charge in [0.25, 0.3) is 5.56 Å². The number of amides is 1. The van der Waals surface area contributed by atoms with Crippen LogP contribution in [0.1, 0.15) is 13.8 Å². The molecule has 11 nitrogen and oxygen atoms in total. The number of ether oxygens (including phenoxy) is 1. The Labute approximate surface area is 148 Å². The molecule has 0 aliphatic heterocycles. The Bertz CT molecular complexity index is 812. The van der Waals surface area contributed by atoms with E-state index in [4.69, 9.17) is 9.84 Å². The number of aromatic amines is 1. The Morgan fingerprint density at radius 3 is 2.69 bits per heavy atom. The molecule has 26 heavy (non-hydrogen) atoms. The molecule has 0 saturated carbocycles. The van der Waals surface area contributed by atoms with Crippen LogP contribution in [0.2, 0.25) is 0 Å². The summed E-state index contributed by atoms with van der Waals surface area (Å²) in [6.07, 6.45) is -2.33. The molecule has 0 unspecified atom stereocenters. The van der Waals surface area contributed by atoms with Crippen LogP contribution in [0.3, 0.4) is 0 Å². The van der Waals surface area contributed by atoms with E-state index in [0.29, 0.717) is 0 Å². The van der Waals surface area contributed by atoms with E-state index in [-0.39, 0.29) is 35.5 Å². The van der Waals surface area contributed by atoms with Gasteiger partial charge in [0.15, 0.2) is 11.2 Å². The van der Waals surface area contributed by atoms with Crippen molar-refractivity contribution in [3.8, 4) is 0 Å². The molecule has 2 aromatic heterocycles. The number of imidazole rings is 1. The Balaban J connectivity index is 2.29. The summed E-state index contributed by atoms with van der Waals surface area (Å²) in [6, 6.07) is 0. The highest BCUT2D eigenvalue weighted by Gasteiger charge is 2.27. The van der Waals surface area contributed by atoms with Gasteiger partial charge in [-0.2, -0.15) is 4.98 Å². The van der Waals surface area contributed by atoms with Crippen molar-refractivity contribution in [2.75, 3.05) is 19.0 Å². The summed E-state index contributed by atoms with van der Waals surface area (Å²) < 4.78 is 6.26. The Morgan fingerprint density at radius 2 is 2.12 bits per heavy atom. The van der Waals surface area contributed by atoms with Gasteiger partial charge < -0.3 is 24.6 Å². The first kappa shape index (κ1) is 20.0. The van der Waals surface area contributed by atoms with Crippen LogP contribution in [0.25, 0.3) is 11.2 Å². The molecule has 0 radical (unpaired) electrons. The van der Waals surface area contributed by atoms with Gasteiger partial charge in [0.05, 0.1) is 19.5 Å². The van der Waals surface area contributed by atoms with Gasteiger partial charge in [-0.15, -0.1) is 0 Å². The van der Waals surface area contributed by atoms with Crippen molar-refractivity contribution in [2.45, 2.75) is 38.7 Å². The molecule has 144 valence electrons. The molecular formula is C15H23N5O6. The Kier molecular flexibility index (Phi) is 6.42. The maximum atomic E-state index is 12.1. The van der Waals surface area contributed by atoms with E-state index in [1.165, 1.54) is 18.0 Å². The second-order valence-electron chi connectivity index (χ2n) is 6.14. The van der Waals surface area contributed by atoms with Crippen LogP contribution in [-0.2, 0) is 16.1 Å². The predicted octanol–water partition coefficient (Wildman–Crippen LogP) is -1.56. The van der Waals surface area contributed by atoms with E-state index in [2.05, 4.69) is 20.3 Å². The highest BCUT2D eigenvalue weighted by molar-refractivity contribution is 5.91. The second kappa shape index (κ2) is 8.36. The number of methoxy groups -OCH3 is 1. The van der Waals surface area contributed by atoms with Gasteiger partial charge in [-0.25, -0.2) is 4.98 Å². The number of nitrogens with one attached hydrogen (secondary N) is 2. The van der Waals surface area contributed by atoms with E-state index in [9.17, 15) is 19.8 Å². The number of hydrogen-bond acceptors (Lipinski definition) is 8. The molecule has 2 heterocycles. The minimum absolute atomic E-state index is 0.0275. The lowest BCUT2D eigenvalue weighted by molar-refractivity contribution is -0.118. The highest BCUT2D eigenvalue weighted by Crippen LogP contribution is 2.12. The van der Waals surface area contributed by atoms with Crippen molar-refractivity contribution < 1.29 is 24.9 Å². The van der Waals surface area contributed by atoms with Crippen LogP contribution < -0.4 is 10.9 Å². The predicted molar refractivity (Wildman–Crippen MR) is 91.5 cm³/mol. The molecule has 5 N–H and O–H groups in total. The first-order valence-corrected chi connectivity index (χ1v) is 8.04. The third kappa shape index (κ3) is 4.25. The van der Waals surface area contributed by atoms with E-state index in [0.717, 1.165) is 0 Å². The maximum absolute atomic E-state index is 12.1. The number of H-pyrrole nitrogens is 1. The van der Waals surface area contributed by atoms with Gasteiger partial charge in [-0.1, -0.05) is 13.8 Å². The number of carbonyl (C=O) groups is 1. The number of fused-ring (bicyclic) bond motifs is 1. The maximum Gasteiger partial charge on any atom is 0.280 e. The van der Waals surface area contributed by atoms with E-state index >= 15 is 0 Å². The number of rotatable bonds is 8. The third-order valence-electron chi connectivity index (χ3n) is 3.88. The van der Waals surface area contributed by atoms with E-state index < -0.39 is 30.5 Å². The number of aromatic nitrogens is 4. The standard InChI is InChI=1S/C15H23N5O6/c1-7(2)13(24)18-15-17-12-10(14(25)19-15)16-6-20(12)4-8(22)11(23)9(5-21)26-3/h6-9,11,21-23H,4-5H2,1-3H3,(H2,17,18,19,24,25)/t8-,9-,11-/m1/s1. The Morgan fingerprint density at radius 1 is 1.42 bits per heavy atom. The average Bonchev–Trinajstić information content (AvgIpc) is 2.99. The largest absolute Gasteiger partial charge is 0.394 e. The molecule has 0 fully saturated rings. The van der Waals surface area contributed by atoms with Crippen LogP contribution in [0.15, 0.2) is 11.1 Å². The van der Waals surface area contributed by atoms with Crippen LogP contribution in [0, 0.1) is 5.92 Å². The number of anilines is 1. The fourth-order valence-electron chi connectivity index (χ4n) is 2.29. The summed E-state index contributed by atoms with van der Waals surface area (Å²) in [6.45, 7) is 2.77. The van der Waals surface area contributed by atoms with Gasteiger partial charge in [-0.05, 0) is 0 Å². The van der Waals surface area contributed by atoms with Crippen molar-refractivity contribution in [1.82, 2.24) is 19.5 Å². The molecular weight excluding hydrogens is 346 g/mol. The van der Waals surface area contributed by atoms with Crippen molar-refractivity contribution in [2.24, 2.45) is 5.92 Å². The van der Waals surface area contributed by atoms with Gasteiger partial charge in [0, 0.05) is 13.0 Å². The van der Waals surface area contributed by atoms with E-state index in [1.54, 1.807) is 13.8 Å². The zero-order valence-corrected chi connectivity index (χ0v) is 14.7. The summed E-state index contributed by atoms with van der Waals surface area (Å²) in [7, 11) is 1.30. The molecule has 0 bridgehead atoms. The topological polar surface area (TPSA) is 163 Å². The molecule has 0 spiro atoms. The van der Waals surface area contributed by atoms with Gasteiger partial charge in [-0.3, -0.25) is 19.9 Å². The molecule has 2 aromatic rings. The van der Waals surface area contributed by atoms with Crippen LogP contribution in [-0.4, -0.2) is 72.8 Å². The van der Waals surface area contributed by atoms with E-state index in [1.807, 2.05) is 0 Å². The van der Waals surface area contributed by atoms with Crippen molar-refractivity contribution in [3.63, 3.8) is 0 Å². The fraction of sp³-hybridized carbons (Fsp3) is 0.600. The Hall–Kier alpha value is -2.34. The van der Waals surface area contributed by atoms with Crippen LogP contribution >= 0.6 is 0 Å². The SMILES string of the molecule is CO[C@H](CO)[C@H](O)[C@H](O)Cn1cnc2c(=O)[nH]c(NC(=O)C(C)C)nc21. The fourth-order valence-corrected chi connectivity index (χ4v) is 2.29. The summed E-state index contributed by atoms with van der Waals surface area (Å²) in [4.78, 5) is 34.4. The molecule has 0 saturated heterocycles. The lowest BCUT2D eigenvalue weighted by atomic mass is 10.1. The number of aliphatic hydroxyl groups excluding tert-OH is 3. The summed E-state index contributed by atoms with van der Waals surface area (Å²) in [5, 5.41) is 31.8. The summed E-state index contributed by atoms with van der Waals surface area (Å²) in [5.74, 6) is -0.662. The molecule has 3 atom stereocenters. The monoisotopic (exact) mass is 369 g/mol. The van der Waals surface area contributed by atoms with Crippen LogP contribution in [0.4, 0.5) is 5.95 Å². The second-order valence-corrected chi connectivity index (χ2v) is 6.14.